The summed E-state index contributed by atoms with van der Waals surface area (Å²) in [6.45, 7) is 5.05. The summed E-state index contributed by atoms with van der Waals surface area (Å²) in [4.78, 5) is 32.4. The first kappa shape index (κ1) is 21.6. The largest absolute Gasteiger partial charge is 0.478 e. The van der Waals surface area contributed by atoms with Crippen molar-refractivity contribution in [2.75, 3.05) is 41.3 Å². The molecule has 0 atom stereocenters. The molecule has 32 heavy (non-hydrogen) atoms. The first-order valence-corrected chi connectivity index (χ1v) is 10.7. The zero-order chi connectivity index (χ0) is 22.7. The quantitative estimate of drug-likeness (QED) is 0.602. The van der Waals surface area contributed by atoms with Crippen molar-refractivity contribution in [1.82, 2.24) is 4.98 Å². The van der Waals surface area contributed by atoms with Crippen LogP contribution in [-0.4, -0.2) is 48.1 Å². The lowest BCUT2D eigenvalue weighted by molar-refractivity contribution is 0.0696. The van der Waals surface area contributed by atoms with Crippen molar-refractivity contribution in [3.63, 3.8) is 0 Å². The van der Waals surface area contributed by atoms with E-state index in [-0.39, 0.29) is 11.5 Å². The van der Waals surface area contributed by atoms with Crippen LogP contribution in [-0.2, 0) is 0 Å². The Hall–Kier alpha value is -3.58. The van der Waals surface area contributed by atoms with Crippen molar-refractivity contribution in [2.24, 2.45) is 0 Å². The summed E-state index contributed by atoms with van der Waals surface area (Å²) in [7, 11) is 0. The van der Waals surface area contributed by atoms with Gasteiger partial charge in [-0.3, -0.25) is 4.79 Å². The molecule has 1 aliphatic heterocycles. The number of nitrogens with one attached hydrogen (secondary N) is 1. The number of carbonyl (C=O) groups excluding carboxylic acids is 1. The zero-order valence-electron chi connectivity index (χ0n) is 17.6. The van der Waals surface area contributed by atoms with Crippen LogP contribution >= 0.6 is 11.6 Å². The minimum atomic E-state index is -0.923. The molecule has 2 aromatic carbocycles. The van der Waals surface area contributed by atoms with E-state index in [9.17, 15) is 9.59 Å². The summed E-state index contributed by atoms with van der Waals surface area (Å²) < 4.78 is 0. The highest BCUT2D eigenvalue weighted by molar-refractivity contribution is 6.31. The minimum Gasteiger partial charge on any atom is -0.478 e. The number of hydrogen-bond donors (Lipinski definition) is 2. The Morgan fingerprint density at radius 1 is 0.938 bits per heavy atom. The average molecular weight is 451 g/mol. The number of aromatic carboxylic acids is 1. The molecule has 7 nitrogen and oxygen atoms in total. The summed E-state index contributed by atoms with van der Waals surface area (Å²) in [5.41, 5.74) is 3.36. The minimum absolute atomic E-state index is 0.222. The number of rotatable bonds is 5. The van der Waals surface area contributed by atoms with Gasteiger partial charge in [-0.1, -0.05) is 11.6 Å². The number of carbonyl (C=O) groups is 2. The number of carboxylic acids is 1. The number of aromatic nitrogens is 1. The number of hydrogen-bond acceptors (Lipinski definition) is 5. The Morgan fingerprint density at radius 2 is 1.59 bits per heavy atom. The molecule has 164 valence electrons. The van der Waals surface area contributed by atoms with Gasteiger partial charge >= 0.3 is 5.97 Å². The van der Waals surface area contributed by atoms with Crippen molar-refractivity contribution in [1.29, 1.82) is 0 Å². The number of benzene rings is 2. The fourth-order valence-electron chi connectivity index (χ4n) is 3.64. The average Bonchev–Trinajstić information content (AvgIpc) is 2.82. The number of pyridine rings is 1. The van der Waals surface area contributed by atoms with Crippen LogP contribution in [0.5, 0.6) is 0 Å². The van der Waals surface area contributed by atoms with E-state index in [0.29, 0.717) is 16.3 Å². The number of piperazine rings is 1. The number of carboxylic acid groups (broad SMARTS) is 1. The van der Waals surface area contributed by atoms with Crippen LogP contribution in [0.25, 0.3) is 0 Å². The molecule has 1 amide bonds. The van der Waals surface area contributed by atoms with Gasteiger partial charge in [-0.25, -0.2) is 9.78 Å². The molecule has 8 heteroatoms. The summed E-state index contributed by atoms with van der Waals surface area (Å²) in [5.74, 6) is -0.321. The third-order valence-corrected chi connectivity index (χ3v) is 5.93. The Labute approximate surface area is 191 Å². The predicted octanol–water partition coefficient (Wildman–Crippen LogP) is 4.32. The molecular weight excluding hydrogens is 428 g/mol. The van der Waals surface area contributed by atoms with Gasteiger partial charge in [0.2, 0.25) is 0 Å². The highest BCUT2D eigenvalue weighted by Gasteiger charge is 2.19. The number of halogens is 1. The molecule has 2 N–H and O–H groups in total. The second-order valence-electron chi connectivity index (χ2n) is 7.65. The summed E-state index contributed by atoms with van der Waals surface area (Å²) in [6, 6.07) is 15.9. The van der Waals surface area contributed by atoms with Gasteiger partial charge in [-0.15, -0.1) is 0 Å². The maximum atomic E-state index is 12.5. The molecule has 0 radical (unpaired) electrons. The topological polar surface area (TPSA) is 85.8 Å². The molecule has 1 aromatic heterocycles. The van der Waals surface area contributed by atoms with E-state index in [1.807, 2.05) is 31.2 Å². The second-order valence-corrected chi connectivity index (χ2v) is 8.06. The van der Waals surface area contributed by atoms with E-state index in [4.69, 9.17) is 16.7 Å². The van der Waals surface area contributed by atoms with Crippen molar-refractivity contribution < 1.29 is 14.7 Å². The highest BCUT2D eigenvalue weighted by Crippen LogP contribution is 2.22. The van der Waals surface area contributed by atoms with Gasteiger partial charge in [0, 0.05) is 48.8 Å². The van der Waals surface area contributed by atoms with Crippen LogP contribution < -0.4 is 15.1 Å². The third kappa shape index (κ3) is 4.84. The summed E-state index contributed by atoms with van der Waals surface area (Å²) >= 11 is 6.04. The lowest BCUT2D eigenvalue weighted by Gasteiger charge is -2.36. The van der Waals surface area contributed by atoms with E-state index < -0.39 is 5.97 Å². The van der Waals surface area contributed by atoms with E-state index in [1.165, 1.54) is 0 Å². The molecule has 0 aliphatic carbocycles. The lowest BCUT2D eigenvalue weighted by atomic mass is 10.2. The second kappa shape index (κ2) is 9.28. The van der Waals surface area contributed by atoms with Gasteiger partial charge in [-0.2, -0.15) is 0 Å². The summed E-state index contributed by atoms with van der Waals surface area (Å²) in [5, 5.41) is 12.6. The molecule has 3 aromatic rings. The van der Waals surface area contributed by atoms with Gasteiger partial charge in [0.1, 0.15) is 5.82 Å². The molecule has 2 heterocycles. The van der Waals surface area contributed by atoms with E-state index in [1.54, 1.807) is 36.5 Å². The van der Waals surface area contributed by atoms with Gasteiger partial charge in [-0.05, 0) is 67.1 Å². The first-order valence-electron chi connectivity index (χ1n) is 10.3. The number of amides is 1. The van der Waals surface area contributed by atoms with Crippen molar-refractivity contribution in [3.8, 4) is 0 Å². The Morgan fingerprint density at radius 3 is 2.19 bits per heavy atom. The van der Waals surface area contributed by atoms with Gasteiger partial charge < -0.3 is 20.2 Å². The van der Waals surface area contributed by atoms with Crippen molar-refractivity contribution >= 4 is 40.7 Å². The van der Waals surface area contributed by atoms with Crippen molar-refractivity contribution in [3.05, 3.63) is 82.5 Å². The SMILES string of the molecule is Cc1cc(NC(=O)c2ccc(N3CCN(c4ccc(C(=O)O)cc4)CC3)nc2)ccc1Cl. The third-order valence-electron chi connectivity index (χ3n) is 5.51. The maximum absolute atomic E-state index is 12.5. The van der Waals surface area contributed by atoms with E-state index >= 15 is 0 Å². The fourth-order valence-corrected chi connectivity index (χ4v) is 3.76. The normalized spacial score (nSPS) is 13.7. The fraction of sp³-hybridized carbons (Fsp3) is 0.208. The van der Waals surface area contributed by atoms with Crippen LogP contribution in [0.3, 0.4) is 0 Å². The van der Waals surface area contributed by atoms with Gasteiger partial charge in [0.15, 0.2) is 0 Å². The maximum Gasteiger partial charge on any atom is 0.335 e. The Kier molecular flexibility index (Phi) is 6.28. The molecule has 0 unspecified atom stereocenters. The monoisotopic (exact) mass is 450 g/mol. The number of nitrogens with zero attached hydrogens (tertiary/aromatic N) is 3. The smallest absolute Gasteiger partial charge is 0.335 e. The van der Waals surface area contributed by atoms with E-state index in [2.05, 4.69) is 20.1 Å². The highest BCUT2D eigenvalue weighted by atomic mass is 35.5. The van der Waals surface area contributed by atoms with Crippen LogP contribution in [0, 0.1) is 6.92 Å². The molecule has 4 rings (SSSR count). The van der Waals surface area contributed by atoms with Gasteiger partial charge in [0.25, 0.3) is 5.91 Å². The Balaban J connectivity index is 1.34. The summed E-state index contributed by atoms with van der Waals surface area (Å²) in [6.07, 6.45) is 1.59. The molecule has 1 fully saturated rings. The van der Waals surface area contributed by atoms with Crippen LogP contribution in [0.1, 0.15) is 26.3 Å². The van der Waals surface area contributed by atoms with Crippen LogP contribution in [0.4, 0.5) is 17.2 Å². The number of anilines is 3. The molecule has 0 bridgehead atoms. The molecule has 1 aliphatic rings. The van der Waals surface area contributed by atoms with Crippen LogP contribution in [0.15, 0.2) is 60.8 Å². The Bertz CT molecular complexity index is 1120. The standard InChI is InChI=1S/C24H23ClN4O3/c1-16-14-19(5-8-21(16)25)27-23(30)18-4-9-22(26-15-18)29-12-10-28(11-13-29)20-6-2-17(3-7-20)24(31)32/h2-9,14-15H,10-13H2,1H3,(H,27,30)(H,31,32). The van der Waals surface area contributed by atoms with Crippen molar-refractivity contribution in [2.45, 2.75) is 6.92 Å². The van der Waals surface area contributed by atoms with Crippen LogP contribution in [0.2, 0.25) is 5.02 Å². The van der Waals surface area contributed by atoms with E-state index in [0.717, 1.165) is 43.2 Å². The van der Waals surface area contributed by atoms with Gasteiger partial charge in [0.05, 0.1) is 11.1 Å². The lowest BCUT2D eigenvalue weighted by Crippen LogP contribution is -2.46. The molecule has 0 spiro atoms. The first-order chi connectivity index (χ1) is 15.4. The predicted molar refractivity (Wildman–Crippen MR) is 126 cm³/mol. The molecule has 1 saturated heterocycles. The number of aryl methyl sites for hydroxylation is 1. The molecule has 0 saturated carbocycles. The molecular formula is C24H23ClN4O3. The zero-order valence-corrected chi connectivity index (χ0v) is 18.3.